The fraction of sp³-hybridized carbons (Fsp3) is 0.182. The molecule has 0 saturated carbocycles. The van der Waals surface area contributed by atoms with Gasteiger partial charge in [-0.1, -0.05) is 17.5 Å². The van der Waals surface area contributed by atoms with Crippen molar-refractivity contribution in [1.29, 1.82) is 0 Å². The summed E-state index contributed by atoms with van der Waals surface area (Å²) in [5.41, 5.74) is 5.38. The highest BCUT2D eigenvalue weighted by atomic mass is 35.5. The number of benzene rings is 1. The van der Waals surface area contributed by atoms with E-state index in [4.69, 9.17) is 16.3 Å². The molecular formula is C22H17ClN6O. The largest absolute Gasteiger partial charge is 0.377 e. The molecule has 0 fully saturated rings. The summed E-state index contributed by atoms with van der Waals surface area (Å²) in [6.07, 6.45) is 5.35. The number of fused-ring (bicyclic) bond motifs is 5. The SMILES string of the molecule is COCc1nnc2n1Cc1c(C#Cc3cncc(C)c3)ncn1-c1ccc(Cl)cc1-2. The van der Waals surface area contributed by atoms with E-state index in [9.17, 15) is 0 Å². The monoisotopic (exact) mass is 416 g/mol. The lowest BCUT2D eigenvalue weighted by atomic mass is 10.1. The van der Waals surface area contributed by atoms with Gasteiger partial charge in [0, 0.05) is 35.7 Å². The van der Waals surface area contributed by atoms with Crippen LogP contribution < -0.4 is 0 Å². The maximum Gasteiger partial charge on any atom is 0.166 e. The normalized spacial score (nSPS) is 11.7. The van der Waals surface area contributed by atoms with Gasteiger partial charge in [-0.05, 0) is 42.7 Å². The molecule has 4 heterocycles. The Bertz CT molecular complexity index is 1330. The molecule has 8 heteroatoms. The number of aryl methyl sites for hydroxylation is 1. The highest BCUT2D eigenvalue weighted by Gasteiger charge is 2.25. The van der Waals surface area contributed by atoms with Crippen molar-refractivity contribution in [3.8, 4) is 28.9 Å². The Morgan fingerprint density at radius 2 is 2.07 bits per heavy atom. The minimum atomic E-state index is 0.354. The maximum atomic E-state index is 6.29. The third-order valence-electron chi connectivity index (χ3n) is 4.93. The molecular weight excluding hydrogens is 400 g/mol. The zero-order chi connectivity index (χ0) is 20.7. The van der Waals surface area contributed by atoms with Gasteiger partial charge in [0.1, 0.15) is 18.6 Å². The third kappa shape index (κ3) is 3.16. The zero-order valence-corrected chi connectivity index (χ0v) is 17.2. The third-order valence-corrected chi connectivity index (χ3v) is 5.17. The van der Waals surface area contributed by atoms with Gasteiger partial charge >= 0.3 is 0 Å². The fourth-order valence-electron chi connectivity index (χ4n) is 3.58. The molecule has 7 nitrogen and oxygen atoms in total. The summed E-state index contributed by atoms with van der Waals surface area (Å²) in [6.45, 7) is 2.87. The van der Waals surface area contributed by atoms with Crippen LogP contribution in [0.4, 0.5) is 0 Å². The lowest BCUT2D eigenvalue weighted by Crippen LogP contribution is -2.09. The van der Waals surface area contributed by atoms with Crippen LogP contribution in [-0.2, 0) is 17.9 Å². The number of halogens is 1. The molecule has 4 aromatic rings. The summed E-state index contributed by atoms with van der Waals surface area (Å²) in [6, 6.07) is 7.72. The lowest BCUT2D eigenvalue weighted by Gasteiger charge is -2.08. The first kappa shape index (κ1) is 18.6. The van der Waals surface area contributed by atoms with Crippen molar-refractivity contribution in [3.63, 3.8) is 0 Å². The van der Waals surface area contributed by atoms with Crippen LogP contribution in [0.15, 0.2) is 43.0 Å². The summed E-state index contributed by atoms with van der Waals surface area (Å²) in [5.74, 6) is 7.85. The molecule has 1 aliphatic rings. The van der Waals surface area contributed by atoms with Crippen molar-refractivity contribution in [2.75, 3.05) is 7.11 Å². The minimum absolute atomic E-state index is 0.354. The van der Waals surface area contributed by atoms with Crippen molar-refractivity contribution in [2.24, 2.45) is 0 Å². The number of hydrogen-bond acceptors (Lipinski definition) is 5. The van der Waals surface area contributed by atoms with Gasteiger partial charge in [0.25, 0.3) is 0 Å². The van der Waals surface area contributed by atoms with Crippen molar-refractivity contribution < 1.29 is 4.74 Å². The molecule has 1 aromatic carbocycles. The molecule has 0 N–H and O–H groups in total. The zero-order valence-electron chi connectivity index (χ0n) is 16.4. The molecule has 0 radical (unpaired) electrons. The van der Waals surface area contributed by atoms with Gasteiger partial charge in [-0.15, -0.1) is 10.2 Å². The fourth-order valence-corrected chi connectivity index (χ4v) is 3.75. The van der Waals surface area contributed by atoms with Crippen molar-refractivity contribution in [3.05, 3.63) is 76.3 Å². The summed E-state index contributed by atoms with van der Waals surface area (Å²) >= 11 is 6.29. The molecule has 3 aromatic heterocycles. The van der Waals surface area contributed by atoms with Crippen LogP contribution >= 0.6 is 11.6 Å². The topological polar surface area (TPSA) is 70.7 Å². The Kier molecular flexibility index (Phi) is 4.58. The Labute approximate surface area is 178 Å². The maximum absolute atomic E-state index is 6.29. The number of pyridine rings is 1. The number of ether oxygens (including phenoxy) is 1. The Hall–Kier alpha value is -3.47. The van der Waals surface area contributed by atoms with Gasteiger partial charge in [-0.3, -0.25) is 9.55 Å². The minimum Gasteiger partial charge on any atom is -0.377 e. The van der Waals surface area contributed by atoms with Gasteiger partial charge in [0.05, 0.1) is 17.9 Å². The van der Waals surface area contributed by atoms with Crippen LogP contribution in [0.2, 0.25) is 5.02 Å². The lowest BCUT2D eigenvalue weighted by molar-refractivity contribution is 0.174. The molecule has 5 rings (SSSR count). The predicted molar refractivity (Wildman–Crippen MR) is 112 cm³/mol. The highest BCUT2D eigenvalue weighted by molar-refractivity contribution is 6.31. The van der Waals surface area contributed by atoms with E-state index in [0.717, 1.165) is 39.7 Å². The van der Waals surface area contributed by atoms with Crippen LogP contribution in [0.1, 0.15) is 28.3 Å². The Morgan fingerprint density at radius 3 is 2.90 bits per heavy atom. The van der Waals surface area contributed by atoms with E-state index < -0.39 is 0 Å². The van der Waals surface area contributed by atoms with E-state index in [0.29, 0.717) is 23.9 Å². The summed E-state index contributed by atoms with van der Waals surface area (Å²) in [7, 11) is 1.64. The molecule has 0 saturated heterocycles. The Morgan fingerprint density at radius 1 is 1.17 bits per heavy atom. The first-order chi connectivity index (χ1) is 14.6. The number of hydrogen-bond donors (Lipinski definition) is 0. The smallest absolute Gasteiger partial charge is 0.166 e. The first-order valence-corrected chi connectivity index (χ1v) is 9.73. The average molecular weight is 417 g/mol. The summed E-state index contributed by atoms with van der Waals surface area (Å²) in [5, 5.41) is 9.36. The molecule has 30 heavy (non-hydrogen) atoms. The second kappa shape index (κ2) is 7.41. The number of methoxy groups -OCH3 is 1. The molecule has 0 atom stereocenters. The molecule has 0 bridgehead atoms. The van der Waals surface area contributed by atoms with Gasteiger partial charge in [0.2, 0.25) is 0 Å². The Balaban J connectivity index is 1.68. The van der Waals surface area contributed by atoms with Crippen LogP contribution in [0.25, 0.3) is 17.1 Å². The molecule has 0 unspecified atom stereocenters. The van der Waals surface area contributed by atoms with Gasteiger partial charge in [0.15, 0.2) is 11.6 Å². The van der Waals surface area contributed by atoms with Gasteiger partial charge in [-0.2, -0.15) is 0 Å². The number of aromatic nitrogens is 6. The van der Waals surface area contributed by atoms with E-state index in [2.05, 4.69) is 32.0 Å². The first-order valence-electron chi connectivity index (χ1n) is 9.35. The average Bonchev–Trinajstić information content (AvgIpc) is 3.28. The standard InChI is InChI=1S/C22H17ClN6O/c1-14-7-15(10-24-9-14)3-5-18-20-11-28-21(12-30-2)26-27-22(28)17-8-16(23)4-6-19(17)29(20)13-25-18/h4,6-10,13H,11-12H2,1-2H3. The van der Waals surface area contributed by atoms with E-state index in [1.807, 2.05) is 40.3 Å². The number of imidazole rings is 1. The van der Waals surface area contributed by atoms with Crippen molar-refractivity contribution in [2.45, 2.75) is 20.1 Å². The molecule has 148 valence electrons. The summed E-state index contributed by atoms with van der Waals surface area (Å²) in [4.78, 5) is 8.79. The van der Waals surface area contributed by atoms with E-state index in [1.54, 1.807) is 25.8 Å². The van der Waals surface area contributed by atoms with Crippen molar-refractivity contribution in [1.82, 2.24) is 29.3 Å². The van der Waals surface area contributed by atoms with Crippen LogP contribution in [0.3, 0.4) is 0 Å². The number of rotatable bonds is 2. The van der Waals surface area contributed by atoms with Crippen LogP contribution in [0.5, 0.6) is 0 Å². The predicted octanol–water partition coefficient (Wildman–Crippen LogP) is 3.40. The van der Waals surface area contributed by atoms with E-state index >= 15 is 0 Å². The molecule has 0 spiro atoms. The second-order valence-electron chi connectivity index (χ2n) is 7.03. The van der Waals surface area contributed by atoms with E-state index in [-0.39, 0.29) is 0 Å². The van der Waals surface area contributed by atoms with Gasteiger partial charge in [-0.25, -0.2) is 4.98 Å². The van der Waals surface area contributed by atoms with Crippen LogP contribution in [-0.4, -0.2) is 36.4 Å². The quantitative estimate of drug-likeness (QED) is 0.412. The molecule has 0 aliphatic carbocycles. The summed E-state index contributed by atoms with van der Waals surface area (Å²) < 4.78 is 9.38. The van der Waals surface area contributed by atoms with Gasteiger partial charge < -0.3 is 9.30 Å². The van der Waals surface area contributed by atoms with Crippen LogP contribution in [0, 0.1) is 18.8 Å². The second-order valence-corrected chi connectivity index (χ2v) is 7.47. The van der Waals surface area contributed by atoms with Crippen molar-refractivity contribution >= 4 is 11.6 Å². The molecule has 1 aliphatic heterocycles. The number of nitrogens with zero attached hydrogens (tertiary/aromatic N) is 6. The van der Waals surface area contributed by atoms with E-state index in [1.165, 1.54) is 0 Å². The molecule has 0 amide bonds. The highest BCUT2D eigenvalue weighted by Crippen LogP contribution is 2.34.